The number of halogens is 2. The number of benzene rings is 2. The molecule has 1 N–H and O–H groups in total. The van der Waals surface area contributed by atoms with Crippen molar-refractivity contribution in [1.82, 2.24) is 4.90 Å². The molecule has 0 bridgehead atoms. The lowest BCUT2D eigenvalue weighted by Gasteiger charge is -2.26. The first-order valence-corrected chi connectivity index (χ1v) is 7.43. The number of amides is 2. The molecule has 122 valence electrons. The number of nitrogens with zero attached hydrogens (tertiary/aromatic N) is 1. The van der Waals surface area contributed by atoms with Crippen LogP contribution in [0, 0.1) is 5.82 Å². The lowest BCUT2D eigenvalue weighted by atomic mass is 10.1. The first-order chi connectivity index (χ1) is 10.9. The number of ether oxygens (including phenoxy) is 1. The Bertz CT molecular complexity index is 709. The van der Waals surface area contributed by atoms with Crippen molar-refractivity contribution < 1.29 is 13.9 Å². The quantitative estimate of drug-likeness (QED) is 0.878. The van der Waals surface area contributed by atoms with Gasteiger partial charge in [0.1, 0.15) is 11.6 Å². The molecule has 0 saturated heterocycles. The number of urea groups is 1. The van der Waals surface area contributed by atoms with Gasteiger partial charge in [0.05, 0.1) is 18.2 Å². The molecule has 0 radical (unpaired) electrons. The number of hydrogen-bond donors (Lipinski definition) is 1. The van der Waals surface area contributed by atoms with Crippen molar-refractivity contribution in [2.75, 3.05) is 19.5 Å². The Morgan fingerprint density at radius 3 is 2.61 bits per heavy atom. The van der Waals surface area contributed by atoms with Gasteiger partial charge in [0.15, 0.2) is 0 Å². The molecular weight excluding hydrogens is 319 g/mol. The van der Waals surface area contributed by atoms with Gasteiger partial charge in [-0.3, -0.25) is 0 Å². The molecule has 6 heteroatoms. The van der Waals surface area contributed by atoms with Crippen LogP contribution in [0.3, 0.4) is 0 Å². The van der Waals surface area contributed by atoms with Gasteiger partial charge in [-0.05, 0) is 31.2 Å². The van der Waals surface area contributed by atoms with Crippen LogP contribution in [0.4, 0.5) is 14.9 Å². The van der Waals surface area contributed by atoms with Gasteiger partial charge < -0.3 is 15.0 Å². The fraction of sp³-hybridized carbons (Fsp3) is 0.235. The summed E-state index contributed by atoms with van der Waals surface area (Å²) in [6.07, 6.45) is 0. The third kappa shape index (κ3) is 3.93. The summed E-state index contributed by atoms with van der Waals surface area (Å²) >= 11 is 6.03. The first-order valence-electron chi connectivity index (χ1n) is 7.05. The van der Waals surface area contributed by atoms with E-state index in [1.807, 2.05) is 0 Å². The molecule has 2 amide bonds. The van der Waals surface area contributed by atoms with E-state index in [1.165, 1.54) is 18.1 Å². The number of rotatable bonds is 4. The number of hydrogen-bond acceptors (Lipinski definition) is 2. The minimum atomic E-state index is -0.412. The van der Waals surface area contributed by atoms with Crippen LogP contribution in [-0.4, -0.2) is 25.1 Å². The molecule has 0 aliphatic rings. The minimum absolute atomic E-state index is 0.341. The zero-order valence-electron chi connectivity index (χ0n) is 13.1. The average molecular weight is 337 g/mol. The number of carbonyl (C=O) groups excluding carboxylic acids is 1. The van der Waals surface area contributed by atoms with Crippen molar-refractivity contribution >= 4 is 23.3 Å². The van der Waals surface area contributed by atoms with Crippen molar-refractivity contribution in [1.29, 1.82) is 0 Å². The van der Waals surface area contributed by atoms with Crippen LogP contribution >= 0.6 is 11.6 Å². The molecule has 1 unspecified atom stereocenters. The van der Waals surface area contributed by atoms with Crippen LogP contribution in [0.2, 0.25) is 5.02 Å². The van der Waals surface area contributed by atoms with Gasteiger partial charge in [0, 0.05) is 18.3 Å². The van der Waals surface area contributed by atoms with Crippen LogP contribution in [0.15, 0.2) is 42.5 Å². The second kappa shape index (κ2) is 7.33. The average Bonchev–Trinajstić information content (AvgIpc) is 2.54. The fourth-order valence-electron chi connectivity index (χ4n) is 2.15. The highest BCUT2D eigenvalue weighted by Gasteiger charge is 2.20. The van der Waals surface area contributed by atoms with Crippen molar-refractivity contribution in [3.05, 3.63) is 58.9 Å². The molecule has 0 aliphatic heterocycles. The van der Waals surface area contributed by atoms with E-state index in [2.05, 4.69) is 5.32 Å². The molecule has 4 nitrogen and oxygen atoms in total. The van der Waals surface area contributed by atoms with Crippen molar-refractivity contribution in [3.63, 3.8) is 0 Å². The lowest BCUT2D eigenvalue weighted by Crippen LogP contribution is -2.34. The predicted octanol–water partition coefficient (Wildman–Crippen LogP) is 4.71. The summed E-state index contributed by atoms with van der Waals surface area (Å²) < 4.78 is 18.9. The highest BCUT2D eigenvalue weighted by molar-refractivity contribution is 6.32. The molecule has 0 heterocycles. The van der Waals surface area contributed by atoms with Crippen LogP contribution in [-0.2, 0) is 0 Å². The summed E-state index contributed by atoms with van der Waals surface area (Å²) in [5, 5.41) is 3.13. The third-order valence-electron chi connectivity index (χ3n) is 3.66. The molecule has 0 saturated carbocycles. The third-order valence-corrected chi connectivity index (χ3v) is 3.96. The van der Waals surface area contributed by atoms with Crippen molar-refractivity contribution in [3.8, 4) is 5.75 Å². The maximum Gasteiger partial charge on any atom is 0.322 e. The van der Waals surface area contributed by atoms with E-state index in [0.29, 0.717) is 22.0 Å². The summed E-state index contributed by atoms with van der Waals surface area (Å²) in [5.74, 6) is 0.185. The van der Waals surface area contributed by atoms with E-state index in [4.69, 9.17) is 16.3 Å². The predicted molar refractivity (Wildman–Crippen MR) is 89.6 cm³/mol. The molecule has 2 aromatic rings. The topological polar surface area (TPSA) is 41.6 Å². The molecule has 0 spiro atoms. The Balaban J connectivity index is 2.11. The van der Waals surface area contributed by atoms with E-state index in [0.717, 1.165) is 0 Å². The first kappa shape index (κ1) is 17.1. The molecule has 1 atom stereocenters. The van der Waals surface area contributed by atoms with E-state index >= 15 is 0 Å². The van der Waals surface area contributed by atoms with Gasteiger partial charge in [0.2, 0.25) is 0 Å². The fourth-order valence-corrected chi connectivity index (χ4v) is 2.41. The van der Waals surface area contributed by atoms with Crippen LogP contribution in [0.25, 0.3) is 0 Å². The standard InChI is InChI=1S/C17H18ClFN2O2/c1-11(13-6-4-5-7-15(13)19)21(2)17(22)20-12-8-9-16(23-3)14(18)10-12/h4-11H,1-3H3,(H,20,22). The summed E-state index contributed by atoms with van der Waals surface area (Å²) in [6.45, 7) is 1.76. The zero-order valence-corrected chi connectivity index (χ0v) is 13.9. The highest BCUT2D eigenvalue weighted by Crippen LogP contribution is 2.28. The second-order valence-electron chi connectivity index (χ2n) is 5.09. The molecule has 2 aromatic carbocycles. The largest absolute Gasteiger partial charge is 0.495 e. The van der Waals surface area contributed by atoms with E-state index in [-0.39, 0.29) is 11.8 Å². The monoisotopic (exact) mass is 336 g/mol. The summed E-state index contributed by atoms with van der Waals surface area (Å²) in [6, 6.07) is 10.6. The van der Waals surface area contributed by atoms with Crippen LogP contribution < -0.4 is 10.1 Å². The van der Waals surface area contributed by atoms with E-state index < -0.39 is 6.04 Å². The van der Waals surface area contributed by atoms with Crippen molar-refractivity contribution in [2.45, 2.75) is 13.0 Å². The minimum Gasteiger partial charge on any atom is -0.495 e. The van der Waals surface area contributed by atoms with Crippen molar-refractivity contribution in [2.24, 2.45) is 0 Å². The smallest absolute Gasteiger partial charge is 0.322 e. The number of methoxy groups -OCH3 is 1. The number of anilines is 1. The van der Waals surface area contributed by atoms with Gasteiger partial charge in [-0.2, -0.15) is 0 Å². The van der Waals surface area contributed by atoms with E-state index in [1.54, 1.807) is 50.4 Å². The summed E-state index contributed by atoms with van der Waals surface area (Å²) in [4.78, 5) is 13.7. The van der Waals surface area contributed by atoms with Gasteiger partial charge in [-0.25, -0.2) is 9.18 Å². The molecule has 0 aliphatic carbocycles. The van der Waals surface area contributed by atoms with Crippen LogP contribution in [0.1, 0.15) is 18.5 Å². The Morgan fingerprint density at radius 1 is 1.30 bits per heavy atom. The number of carbonyl (C=O) groups is 1. The van der Waals surface area contributed by atoms with Gasteiger partial charge >= 0.3 is 6.03 Å². The van der Waals surface area contributed by atoms with E-state index in [9.17, 15) is 9.18 Å². The molecule has 0 fully saturated rings. The van der Waals surface area contributed by atoms with Gasteiger partial charge in [-0.1, -0.05) is 29.8 Å². The normalized spacial score (nSPS) is 11.7. The molecule has 23 heavy (non-hydrogen) atoms. The number of nitrogens with one attached hydrogen (secondary N) is 1. The maximum atomic E-state index is 13.8. The molecule has 2 rings (SSSR count). The molecule has 0 aromatic heterocycles. The van der Waals surface area contributed by atoms with Crippen LogP contribution in [0.5, 0.6) is 5.75 Å². The van der Waals surface area contributed by atoms with Gasteiger partial charge in [-0.15, -0.1) is 0 Å². The maximum absolute atomic E-state index is 13.8. The summed E-state index contributed by atoms with van der Waals surface area (Å²) in [5.41, 5.74) is 0.992. The second-order valence-corrected chi connectivity index (χ2v) is 5.50. The zero-order chi connectivity index (χ0) is 17.0. The molecular formula is C17H18ClFN2O2. The Hall–Kier alpha value is -2.27. The summed E-state index contributed by atoms with van der Waals surface area (Å²) in [7, 11) is 3.13. The Kier molecular flexibility index (Phi) is 5.45. The Morgan fingerprint density at radius 2 is 2.00 bits per heavy atom. The van der Waals surface area contributed by atoms with Gasteiger partial charge in [0.25, 0.3) is 0 Å². The Labute approximate surface area is 139 Å². The highest BCUT2D eigenvalue weighted by atomic mass is 35.5. The lowest BCUT2D eigenvalue weighted by molar-refractivity contribution is 0.207. The SMILES string of the molecule is COc1ccc(NC(=O)N(C)C(C)c2ccccc2F)cc1Cl.